The number of allylic oxidation sites excluding steroid dienone is 1. The van der Waals surface area contributed by atoms with Gasteiger partial charge < -0.3 is 28.8 Å². The second-order valence-electron chi connectivity index (χ2n) is 19.0. The molecule has 0 unspecified atom stereocenters. The van der Waals surface area contributed by atoms with Crippen LogP contribution in [-0.2, 0) is 34.1 Å². The van der Waals surface area contributed by atoms with E-state index in [0.29, 0.717) is 36.3 Å². The predicted molar refractivity (Wildman–Crippen MR) is 244 cm³/mol. The molecule has 4 aliphatic carbocycles. The van der Waals surface area contributed by atoms with E-state index < -0.39 is 72.1 Å². The maximum absolute atomic E-state index is 14.2. The number of rotatable bonds is 11. The van der Waals surface area contributed by atoms with Gasteiger partial charge in [-0.15, -0.1) is 5.10 Å². The molecule has 0 bridgehead atoms. The van der Waals surface area contributed by atoms with Gasteiger partial charge in [0.15, 0.2) is 30.3 Å². The van der Waals surface area contributed by atoms with Crippen LogP contribution in [0.1, 0.15) is 112 Å². The number of hydrogen-bond donors (Lipinski definition) is 1. The van der Waals surface area contributed by atoms with Crippen LogP contribution in [0.4, 0.5) is 0 Å². The van der Waals surface area contributed by atoms with Crippen LogP contribution in [0.15, 0.2) is 139 Å². The van der Waals surface area contributed by atoms with Gasteiger partial charge in [0.25, 0.3) is 0 Å². The van der Waals surface area contributed by atoms with Crippen LogP contribution < -0.4 is 0 Å². The number of nitrogens with zero attached hydrogens (tertiary/aromatic N) is 3. The maximum Gasteiger partial charge on any atom is 0.338 e. The summed E-state index contributed by atoms with van der Waals surface area (Å²) in [5.41, 5.74) is 0.394. The molecule has 0 spiro atoms. The highest BCUT2D eigenvalue weighted by Crippen LogP contribution is 2.67. The first kappa shape index (κ1) is 45.0. The highest BCUT2D eigenvalue weighted by Gasteiger charge is 2.64. The third-order valence-corrected chi connectivity index (χ3v) is 15.4. The van der Waals surface area contributed by atoms with E-state index in [4.69, 9.17) is 23.7 Å². The zero-order chi connectivity index (χ0) is 47.0. The lowest BCUT2D eigenvalue weighted by molar-refractivity contribution is -0.252. The topological polar surface area (TPSA) is 182 Å². The quantitative estimate of drug-likeness (QED) is 0.0994. The Balaban J connectivity index is 1.03. The van der Waals surface area contributed by atoms with Crippen LogP contribution >= 0.6 is 0 Å². The van der Waals surface area contributed by atoms with Crippen LogP contribution in [0.5, 0.6) is 0 Å². The summed E-state index contributed by atoms with van der Waals surface area (Å²) in [5, 5.41) is 22.2. The molecule has 0 amide bonds. The van der Waals surface area contributed by atoms with Crippen LogP contribution in [-0.4, -0.2) is 80.8 Å². The lowest BCUT2D eigenvalue weighted by Crippen LogP contribution is -2.61. The fourth-order valence-electron chi connectivity index (χ4n) is 12.0. The smallest absolute Gasteiger partial charge is 0.338 e. The number of fused-ring (bicyclic) bond motifs is 5. The van der Waals surface area contributed by atoms with Gasteiger partial charge in [-0.1, -0.05) is 90.5 Å². The highest BCUT2D eigenvalue weighted by atomic mass is 16.7. The molecule has 1 N–H and O–H groups in total. The number of carbonyl (C=O) groups excluding carboxylic acids is 5. The first-order valence-electron chi connectivity index (χ1n) is 23.5. The number of ether oxygens (including phenoxy) is 5. The molecular formula is C54H53N3O11. The maximum atomic E-state index is 14.2. The van der Waals surface area contributed by atoms with Gasteiger partial charge in [0.05, 0.1) is 28.5 Å². The second kappa shape index (κ2) is 18.7. The largest absolute Gasteiger partial charge is 0.459 e. The monoisotopic (exact) mass is 919 g/mol. The summed E-state index contributed by atoms with van der Waals surface area (Å²) >= 11 is 0. The van der Waals surface area contributed by atoms with Crippen molar-refractivity contribution in [3.05, 3.63) is 167 Å². The summed E-state index contributed by atoms with van der Waals surface area (Å²) in [5.74, 6) is -1.49. The summed E-state index contributed by atoms with van der Waals surface area (Å²) < 4.78 is 32.8. The summed E-state index contributed by atoms with van der Waals surface area (Å²) in [7, 11) is 0. The highest BCUT2D eigenvalue weighted by molar-refractivity contribution is 5.92. The van der Waals surface area contributed by atoms with Crippen molar-refractivity contribution in [3.63, 3.8) is 0 Å². The minimum Gasteiger partial charge on any atom is -0.459 e. The second-order valence-corrected chi connectivity index (χ2v) is 19.0. The Kier molecular flexibility index (Phi) is 12.4. The molecule has 14 heteroatoms. The molecule has 2 heterocycles. The van der Waals surface area contributed by atoms with Crippen molar-refractivity contribution in [3.8, 4) is 0 Å². The molecule has 4 aromatic carbocycles. The molecule has 5 aliphatic rings. The fourth-order valence-corrected chi connectivity index (χ4v) is 12.0. The Morgan fingerprint density at radius 2 is 1.21 bits per heavy atom. The Bertz CT molecular complexity index is 2690. The molecule has 68 heavy (non-hydrogen) atoms. The van der Waals surface area contributed by atoms with Crippen molar-refractivity contribution in [1.29, 1.82) is 0 Å². The van der Waals surface area contributed by atoms with E-state index in [1.807, 2.05) is 6.08 Å². The molecule has 10 rings (SSSR count). The Hall–Kier alpha value is -6.77. The normalized spacial score (nSPS) is 30.6. The van der Waals surface area contributed by atoms with Gasteiger partial charge >= 0.3 is 23.9 Å². The predicted octanol–water partition coefficient (Wildman–Crippen LogP) is 8.04. The Labute approximate surface area is 393 Å². The number of benzene rings is 4. The standard InChI is InChI=1S/C54H53N3O11/c1-53-28-26-40-39-25-23-38(58)30-37(39)22-24-41(40)42(53)27-29-54(53,63)44-31-57(56-55-44)48-47(68-52(62)36-20-12-5-13-21-36)46(67-51(61)35-18-10-4-11-19-35)45(66-50(60)34-16-8-3-9-17-34)43(65-48)32-64-49(59)33-14-6-2-7-15-33/h2-21,30-31,39-43,45-48,63H,22-29,32H2,1H3/t39-,40+,41+,42-,43+,45+,46-,47+,48+,53-,54+/m0/s1. The summed E-state index contributed by atoms with van der Waals surface area (Å²) in [6.45, 7) is 1.65. The molecule has 0 radical (unpaired) electrons. The van der Waals surface area contributed by atoms with Gasteiger partial charge in [0.1, 0.15) is 24.0 Å². The molecule has 1 saturated heterocycles. The summed E-state index contributed by atoms with van der Waals surface area (Å²) in [4.78, 5) is 68.2. The van der Waals surface area contributed by atoms with Crippen LogP contribution in [0.25, 0.3) is 0 Å². The van der Waals surface area contributed by atoms with E-state index in [0.717, 1.165) is 38.5 Å². The first-order valence-corrected chi connectivity index (χ1v) is 23.5. The van der Waals surface area contributed by atoms with Crippen molar-refractivity contribution < 1.29 is 52.8 Å². The molecule has 1 aromatic heterocycles. The average Bonchev–Trinajstić information content (AvgIpc) is 3.98. The zero-order valence-corrected chi connectivity index (χ0v) is 37.6. The number of carbonyl (C=O) groups is 5. The fraction of sp³-hybridized carbons (Fsp3) is 0.389. The first-order chi connectivity index (χ1) is 33.0. The van der Waals surface area contributed by atoms with Gasteiger partial charge in [0.2, 0.25) is 0 Å². The minimum atomic E-state index is -1.60. The van der Waals surface area contributed by atoms with Crippen molar-refractivity contribution in [2.45, 2.75) is 94.5 Å². The molecular weight excluding hydrogens is 867 g/mol. The summed E-state index contributed by atoms with van der Waals surface area (Å²) in [6.07, 6.45) is 2.18. The zero-order valence-electron chi connectivity index (χ0n) is 37.6. The Morgan fingerprint density at radius 1 is 0.662 bits per heavy atom. The van der Waals surface area contributed by atoms with Crippen molar-refractivity contribution in [1.82, 2.24) is 15.0 Å². The van der Waals surface area contributed by atoms with E-state index in [1.54, 1.807) is 128 Å². The molecule has 350 valence electrons. The average molecular weight is 920 g/mol. The Morgan fingerprint density at radius 3 is 1.79 bits per heavy atom. The number of aromatic nitrogens is 3. The molecule has 14 nitrogen and oxygen atoms in total. The van der Waals surface area contributed by atoms with E-state index in [1.165, 1.54) is 10.3 Å². The van der Waals surface area contributed by atoms with Crippen LogP contribution in [0, 0.1) is 29.1 Å². The van der Waals surface area contributed by atoms with E-state index >= 15 is 0 Å². The van der Waals surface area contributed by atoms with Gasteiger partial charge in [-0.05, 0) is 123 Å². The van der Waals surface area contributed by atoms with Crippen LogP contribution in [0.3, 0.4) is 0 Å². The molecule has 11 atom stereocenters. The lowest BCUT2D eigenvalue weighted by Gasteiger charge is -2.55. The third-order valence-electron chi connectivity index (χ3n) is 15.4. The SMILES string of the molecule is C[C@]12CC[C@H]3[C@@H](CCC4=CC(=O)CC[C@@H]43)[C@@H]1CC[C@@]2(O)c1cn([C@@H]2O[C@H](COC(=O)c3ccccc3)[C@@H](OC(=O)c3ccccc3)[C@H](OC(=O)c3ccccc3)[C@H]2OC(=O)c2ccccc2)nn1. The molecule has 5 aromatic rings. The van der Waals surface area contributed by atoms with E-state index in [9.17, 15) is 29.1 Å². The van der Waals surface area contributed by atoms with Gasteiger partial charge in [-0.25, -0.2) is 23.9 Å². The van der Waals surface area contributed by atoms with E-state index in [-0.39, 0.29) is 34.0 Å². The van der Waals surface area contributed by atoms with E-state index in [2.05, 4.69) is 17.2 Å². The molecule has 4 fully saturated rings. The lowest BCUT2D eigenvalue weighted by atomic mass is 9.50. The van der Waals surface area contributed by atoms with Crippen molar-refractivity contribution in [2.24, 2.45) is 29.1 Å². The number of hydrogen-bond acceptors (Lipinski definition) is 13. The van der Waals surface area contributed by atoms with Crippen molar-refractivity contribution >= 4 is 29.7 Å². The van der Waals surface area contributed by atoms with Gasteiger partial charge in [-0.3, -0.25) is 4.79 Å². The number of ketones is 1. The molecule has 3 saturated carbocycles. The number of aliphatic hydroxyl groups is 1. The number of esters is 4. The third kappa shape index (κ3) is 8.44. The summed E-state index contributed by atoms with van der Waals surface area (Å²) in [6, 6.07) is 32.9. The van der Waals surface area contributed by atoms with Crippen LogP contribution in [0.2, 0.25) is 0 Å². The van der Waals surface area contributed by atoms with Crippen molar-refractivity contribution in [2.75, 3.05) is 6.61 Å². The van der Waals surface area contributed by atoms with Gasteiger partial charge in [-0.2, -0.15) is 0 Å². The minimum absolute atomic E-state index is 0.162. The van der Waals surface area contributed by atoms with Gasteiger partial charge in [0, 0.05) is 11.8 Å². The molecule has 1 aliphatic heterocycles.